The summed E-state index contributed by atoms with van der Waals surface area (Å²) in [5.41, 5.74) is 0.579. The lowest BCUT2D eigenvalue weighted by atomic mass is 10.6. The molecule has 0 atom stereocenters. The van der Waals surface area contributed by atoms with Crippen molar-refractivity contribution in [3.63, 3.8) is 0 Å². The minimum Gasteiger partial charge on any atom is -0.394 e. The Morgan fingerprint density at radius 3 is 3.21 bits per heavy atom. The van der Waals surface area contributed by atoms with Crippen molar-refractivity contribution in [2.24, 2.45) is 0 Å². The number of aliphatic hydroxyl groups excluding tert-OH is 1. The summed E-state index contributed by atoms with van der Waals surface area (Å²) in [4.78, 5) is 3.81. The van der Waals surface area contributed by atoms with Crippen LogP contribution in [-0.2, 0) is 11.3 Å². The zero-order chi connectivity index (χ0) is 9.80. The van der Waals surface area contributed by atoms with Crippen LogP contribution in [0.4, 0.5) is 0 Å². The van der Waals surface area contributed by atoms with Crippen LogP contribution in [0.3, 0.4) is 0 Å². The monoisotopic (exact) mass is 195 g/mol. The van der Waals surface area contributed by atoms with Crippen molar-refractivity contribution in [3.8, 4) is 0 Å². The van der Waals surface area contributed by atoms with Gasteiger partial charge in [-0.1, -0.05) is 0 Å². The number of aliphatic hydroxyl groups is 1. The summed E-state index contributed by atoms with van der Waals surface area (Å²) in [6.07, 6.45) is 2.97. The second-order valence-electron chi connectivity index (χ2n) is 2.57. The molecule has 7 heteroatoms. The Morgan fingerprint density at radius 2 is 2.36 bits per heavy atom. The average molecular weight is 195 g/mol. The third-order valence-corrected chi connectivity index (χ3v) is 1.62. The summed E-state index contributed by atoms with van der Waals surface area (Å²) in [5.74, 6) is 0.593. The largest absolute Gasteiger partial charge is 0.394 e. The summed E-state index contributed by atoms with van der Waals surface area (Å²) in [5, 5.41) is 20.2. The minimum atomic E-state index is -0.00821. The molecule has 0 saturated carbocycles. The molecule has 0 radical (unpaired) electrons. The molecule has 0 aromatic carbocycles. The van der Waals surface area contributed by atoms with Crippen LogP contribution in [0, 0.1) is 0 Å². The number of hydrogen-bond acceptors (Lipinski definition) is 6. The molecule has 0 amide bonds. The summed E-state index contributed by atoms with van der Waals surface area (Å²) in [6.45, 7) is 0.546. The van der Waals surface area contributed by atoms with Crippen LogP contribution in [0.5, 0.6) is 0 Å². The third-order valence-electron chi connectivity index (χ3n) is 1.62. The Labute approximate surface area is 79.4 Å². The van der Waals surface area contributed by atoms with E-state index in [-0.39, 0.29) is 19.8 Å². The first-order chi connectivity index (χ1) is 6.92. The Bertz CT molecular complexity index is 415. The summed E-state index contributed by atoms with van der Waals surface area (Å²) in [7, 11) is 0. The van der Waals surface area contributed by atoms with Crippen LogP contribution >= 0.6 is 0 Å². The maximum Gasteiger partial charge on any atom is 0.196 e. The fourth-order valence-corrected chi connectivity index (χ4v) is 1.03. The van der Waals surface area contributed by atoms with Gasteiger partial charge in [-0.25, -0.2) is 4.98 Å². The van der Waals surface area contributed by atoms with Gasteiger partial charge in [0.15, 0.2) is 11.5 Å². The quantitative estimate of drug-likeness (QED) is 0.631. The van der Waals surface area contributed by atoms with Crippen molar-refractivity contribution < 1.29 is 9.84 Å². The van der Waals surface area contributed by atoms with Gasteiger partial charge in [0.05, 0.1) is 19.4 Å². The van der Waals surface area contributed by atoms with E-state index < -0.39 is 0 Å². The lowest BCUT2D eigenvalue weighted by Gasteiger charge is -1.98. The molecular weight excluding hydrogens is 186 g/mol. The highest BCUT2D eigenvalue weighted by Gasteiger charge is 2.05. The molecule has 0 spiro atoms. The van der Waals surface area contributed by atoms with Gasteiger partial charge in [-0.2, -0.15) is 9.61 Å². The maximum absolute atomic E-state index is 8.51. The van der Waals surface area contributed by atoms with Crippen LogP contribution in [0.1, 0.15) is 5.82 Å². The predicted octanol–water partition coefficient (Wildman–Crippen LogP) is -0.972. The highest BCUT2D eigenvalue weighted by atomic mass is 16.5. The Balaban J connectivity index is 2.17. The standard InChI is InChI=1S/C7H9N5O2/c13-1-2-14-4-7-11-10-6-3-8-5-9-12(6)7/h3,5,13H,1-2,4H2. The van der Waals surface area contributed by atoms with Crippen molar-refractivity contribution in [2.75, 3.05) is 13.2 Å². The van der Waals surface area contributed by atoms with E-state index in [0.717, 1.165) is 0 Å². The minimum absolute atomic E-state index is 0.00821. The van der Waals surface area contributed by atoms with E-state index >= 15 is 0 Å². The zero-order valence-corrected chi connectivity index (χ0v) is 7.37. The Morgan fingerprint density at radius 1 is 1.43 bits per heavy atom. The van der Waals surface area contributed by atoms with Gasteiger partial charge in [0, 0.05) is 0 Å². The van der Waals surface area contributed by atoms with E-state index in [2.05, 4.69) is 20.3 Å². The summed E-state index contributed by atoms with van der Waals surface area (Å²) >= 11 is 0. The van der Waals surface area contributed by atoms with Crippen LogP contribution in [0.25, 0.3) is 5.65 Å². The molecule has 2 aromatic heterocycles. The first-order valence-electron chi connectivity index (χ1n) is 4.10. The van der Waals surface area contributed by atoms with E-state index in [1.165, 1.54) is 6.33 Å². The highest BCUT2D eigenvalue weighted by molar-refractivity contribution is 5.31. The second-order valence-corrected chi connectivity index (χ2v) is 2.57. The molecule has 74 valence electrons. The molecule has 0 aliphatic rings. The first kappa shape index (κ1) is 8.97. The number of ether oxygens (including phenoxy) is 1. The van der Waals surface area contributed by atoms with Crippen LogP contribution in [-0.4, -0.2) is 43.1 Å². The molecule has 2 rings (SSSR count). The van der Waals surface area contributed by atoms with Crippen molar-refractivity contribution in [1.82, 2.24) is 24.8 Å². The van der Waals surface area contributed by atoms with Gasteiger partial charge in [-0.05, 0) is 0 Å². The van der Waals surface area contributed by atoms with Gasteiger partial charge in [0.2, 0.25) is 0 Å². The van der Waals surface area contributed by atoms with Gasteiger partial charge < -0.3 is 9.84 Å². The van der Waals surface area contributed by atoms with Crippen molar-refractivity contribution in [2.45, 2.75) is 6.61 Å². The molecule has 0 saturated heterocycles. The summed E-state index contributed by atoms with van der Waals surface area (Å²) in [6, 6.07) is 0. The molecule has 2 heterocycles. The second kappa shape index (κ2) is 4.07. The normalized spacial score (nSPS) is 10.9. The fourth-order valence-electron chi connectivity index (χ4n) is 1.03. The molecule has 14 heavy (non-hydrogen) atoms. The molecule has 0 bridgehead atoms. The number of nitrogens with zero attached hydrogens (tertiary/aromatic N) is 5. The molecule has 0 aliphatic heterocycles. The lowest BCUT2D eigenvalue weighted by Crippen LogP contribution is -2.04. The molecule has 7 nitrogen and oxygen atoms in total. The van der Waals surface area contributed by atoms with Crippen LogP contribution in [0.2, 0.25) is 0 Å². The van der Waals surface area contributed by atoms with E-state index in [0.29, 0.717) is 11.5 Å². The Hall–Kier alpha value is -1.60. The fraction of sp³-hybridized carbons (Fsp3) is 0.429. The highest BCUT2D eigenvalue weighted by Crippen LogP contribution is 1.99. The molecule has 0 aliphatic carbocycles. The molecule has 0 unspecified atom stereocenters. The van der Waals surface area contributed by atoms with E-state index in [1.54, 1.807) is 10.7 Å². The van der Waals surface area contributed by atoms with Crippen LogP contribution < -0.4 is 0 Å². The maximum atomic E-state index is 8.51. The van der Waals surface area contributed by atoms with E-state index in [4.69, 9.17) is 9.84 Å². The van der Waals surface area contributed by atoms with Gasteiger partial charge in [-0.15, -0.1) is 10.2 Å². The van der Waals surface area contributed by atoms with E-state index in [9.17, 15) is 0 Å². The van der Waals surface area contributed by atoms with Crippen LogP contribution in [0.15, 0.2) is 12.5 Å². The third kappa shape index (κ3) is 1.68. The zero-order valence-electron chi connectivity index (χ0n) is 7.37. The Kier molecular flexibility index (Phi) is 2.61. The van der Waals surface area contributed by atoms with Gasteiger partial charge in [0.25, 0.3) is 0 Å². The van der Waals surface area contributed by atoms with Crippen molar-refractivity contribution in [1.29, 1.82) is 0 Å². The molecular formula is C7H9N5O2. The summed E-state index contributed by atoms with van der Waals surface area (Å²) < 4.78 is 6.65. The average Bonchev–Trinajstić information content (AvgIpc) is 2.63. The SMILES string of the molecule is OCCOCc1nnc2cncnn12. The molecule has 1 N–H and O–H groups in total. The van der Waals surface area contributed by atoms with Crippen molar-refractivity contribution >= 4 is 5.65 Å². The number of aromatic nitrogens is 5. The molecule has 0 fully saturated rings. The topological polar surface area (TPSA) is 85.4 Å². The number of fused-ring (bicyclic) bond motifs is 1. The smallest absolute Gasteiger partial charge is 0.196 e. The predicted molar refractivity (Wildman–Crippen MR) is 45.3 cm³/mol. The molecule has 2 aromatic rings. The lowest BCUT2D eigenvalue weighted by molar-refractivity contribution is 0.0767. The first-order valence-corrected chi connectivity index (χ1v) is 4.10. The number of rotatable bonds is 4. The van der Waals surface area contributed by atoms with Crippen molar-refractivity contribution in [3.05, 3.63) is 18.3 Å². The number of hydrogen-bond donors (Lipinski definition) is 1. The van der Waals surface area contributed by atoms with Gasteiger partial charge in [-0.3, -0.25) is 0 Å². The van der Waals surface area contributed by atoms with E-state index in [1.807, 2.05) is 0 Å². The van der Waals surface area contributed by atoms with Gasteiger partial charge >= 0.3 is 0 Å². The van der Waals surface area contributed by atoms with Gasteiger partial charge in [0.1, 0.15) is 12.9 Å².